The van der Waals surface area contributed by atoms with Gasteiger partial charge >= 0.3 is 5.97 Å². The fourth-order valence-electron chi connectivity index (χ4n) is 2.01. The van der Waals surface area contributed by atoms with E-state index in [1.807, 2.05) is 0 Å². The number of carbonyl (C=O) groups is 1. The predicted molar refractivity (Wildman–Crippen MR) is 72.0 cm³/mol. The smallest absolute Gasteiger partial charge is 0.302 e. The normalized spacial score (nSPS) is 31.5. The first-order chi connectivity index (χ1) is 10.4. The zero-order valence-corrected chi connectivity index (χ0v) is 11.8. The van der Waals surface area contributed by atoms with E-state index in [4.69, 9.17) is 14.2 Å². The predicted octanol–water partition coefficient (Wildman–Crippen LogP) is -0.858. The molecule has 0 bridgehead atoms. The second-order valence-electron chi connectivity index (χ2n) is 4.93. The molecule has 1 aliphatic rings. The molecule has 4 N–H and O–H groups in total. The van der Waals surface area contributed by atoms with Crippen molar-refractivity contribution in [2.45, 2.75) is 37.6 Å². The number of aliphatic hydroxyl groups is 3. The van der Waals surface area contributed by atoms with Gasteiger partial charge in [-0.2, -0.15) is 0 Å². The minimum Gasteiger partial charge on any atom is -0.508 e. The van der Waals surface area contributed by atoms with Crippen LogP contribution < -0.4 is 4.74 Å². The first-order valence-corrected chi connectivity index (χ1v) is 6.67. The molecule has 1 aromatic carbocycles. The fraction of sp³-hybridized carbons (Fsp3) is 0.500. The van der Waals surface area contributed by atoms with Crippen molar-refractivity contribution >= 4 is 5.97 Å². The Kier molecular flexibility index (Phi) is 5.19. The largest absolute Gasteiger partial charge is 0.508 e. The van der Waals surface area contributed by atoms with Gasteiger partial charge in [-0.05, 0) is 24.3 Å². The van der Waals surface area contributed by atoms with Gasteiger partial charge in [0.25, 0.3) is 0 Å². The summed E-state index contributed by atoms with van der Waals surface area (Å²) in [6.07, 6.45) is -6.73. The molecule has 8 heteroatoms. The maximum absolute atomic E-state index is 10.8. The van der Waals surface area contributed by atoms with E-state index in [0.717, 1.165) is 0 Å². The number of esters is 1. The van der Waals surface area contributed by atoms with Crippen LogP contribution in [0.2, 0.25) is 0 Å². The monoisotopic (exact) mass is 314 g/mol. The van der Waals surface area contributed by atoms with Gasteiger partial charge in [-0.15, -0.1) is 0 Å². The topological polar surface area (TPSA) is 126 Å². The number of phenols is 1. The molecule has 1 heterocycles. The standard InChI is InChI=1S/C14H18O8/c1-7(15)20-6-10-11(17)12(18)13(19)14(22-10)21-9-4-2-8(16)3-5-9/h2-5,10-14,16-19H,6H2,1H3/t10-,11+,12-,13+,14+/m0/s1. The van der Waals surface area contributed by atoms with E-state index in [1.54, 1.807) is 0 Å². The molecular formula is C14H18O8. The van der Waals surface area contributed by atoms with Crippen molar-refractivity contribution in [3.8, 4) is 11.5 Å². The summed E-state index contributed by atoms with van der Waals surface area (Å²) < 4.78 is 15.5. The molecule has 1 saturated heterocycles. The molecule has 122 valence electrons. The Bertz CT molecular complexity index is 502. The lowest BCUT2D eigenvalue weighted by molar-refractivity contribution is -0.278. The highest BCUT2D eigenvalue weighted by Crippen LogP contribution is 2.25. The molecular weight excluding hydrogens is 296 g/mol. The number of carbonyl (C=O) groups excluding carboxylic acids is 1. The third-order valence-electron chi connectivity index (χ3n) is 3.21. The van der Waals surface area contributed by atoms with Gasteiger partial charge in [-0.25, -0.2) is 0 Å². The molecule has 2 rings (SSSR count). The molecule has 1 aromatic rings. The van der Waals surface area contributed by atoms with Crippen LogP contribution in [0, 0.1) is 0 Å². The summed E-state index contributed by atoms with van der Waals surface area (Å²) in [5.74, 6) is -0.232. The quantitative estimate of drug-likeness (QED) is 0.529. The van der Waals surface area contributed by atoms with Gasteiger partial charge in [0, 0.05) is 6.92 Å². The summed E-state index contributed by atoms with van der Waals surface area (Å²) in [6.45, 7) is 0.917. The third kappa shape index (κ3) is 3.86. The van der Waals surface area contributed by atoms with Gasteiger partial charge in [-0.1, -0.05) is 0 Å². The van der Waals surface area contributed by atoms with Gasteiger partial charge in [-0.3, -0.25) is 4.79 Å². The number of hydrogen-bond acceptors (Lipinski definition) is 8. The van der Waals surface area contributed by atoms with Crippen LogP contribution in [0.5, 0.6) is 11.5 Å². The molecule has 1 fully saturated rings. The van der Waals surface area contributed by atoms with Crippen LogP contribution in [-0.4, -0.2) is 63.7 Å². The average molecular weight is 314 g/mol. The SMILES string of the molecule is CC(=O)OC[C@@H]1O[C@@H](Oc2ccc(O)cc2)[C@H](O)[C@@H](O)[C@@H]1O. The van der Waals surface area contributed by atoms with Crippen LogP contribution in [0.1, 0.15) is 6.92 Å². The van der Waals surface area contributed by atoms with E-state index in [9.17, 15) is 25.2 Å². The molecule has 0 aliphatic carbocycles. The van der Waals surface area contributed by atoms with Crippen molar-refractivity contribution in [2.24, 2.45) is 0 Å². The zero-order valence-electron chi connectivity index (χ0n) is 11.8. The second kappa shape index (κ2) is 6.93. The van der Waals surface area contributed by atoms with Crippen molar-refractivity contribution in [3.63, 3.8) is 0 Å². The molecule has 8 nitrogen and oxygen atoms in total. The highest BCUT2D eigenvalue weighted by molar-refractivity contribution is 5.65. The molecule has 0 saturated carbocycles. The van der Waals surface area contributed by atoms with Crippen LogP contribution in [0.4, 0.5) is 0 Å². The second-order valence-corrected chi connectivity index (χ2v) is 4.93. The highest BCUT2D eigenvalue weighted by atomic mass is 16.7. The van der Waals surface area contributed by atoms with Crippen molar-refractivity contribution in [2.75, 3.05) is 6.61 Å². The Morgan fingerprint density at radius 3 is 2.36 bits per heavy atom. The van der Waals surface area contributed by atoms with E-state index < -0.39 is 36.7 Å². The summed E-state index contributed by atoms with van der Waals surface area (Å²) in [5.41, 5.74) is 0. The Hall–Kier alpha value is -1.87. The number of rotatable bonds is 4. The number of phenolic OH excluding ortho intramolecular Hbond substituents is 1. The van der Waals surface area contributed by atoms with Crippen LogP contribution >= 0.6 is 0 Å². The first kappa shape index (κ1) is 16.5. The summed E-state index contributed by atoms with van der Waals surface area (Å²) in [4.78, 5) is 10.8. The molecule has 0 aromatic heterocycles. The van der Waals surface area contributed by atoms with Crippen LogP contribution in [0.15, 0.2) is 24.3 Å². The van der Waals surface area contributed by atoms with Gasteiger partial charge in [0.1, 0.15) is 42.5 Å². The van der Waals surface area contributed by atoms with E-state index in [-0.39, 0.29) is 18.1 Å². The minimum absolute atomic E-state index is 0.0423. The van der Waals surface area contributed by atoms with Gasteiger partial charge in [0.05, 0.1) is 0 Å². The first-order valence-electron chi connectivity index (χ1n) is 6.67. The Balaban J connectivity index is 2.05. The average Bonchev–Trinajstić information content (AvgIpc) is 2.48. The van der Waals surface area contributed by atoms with Crippen LogP contribution in [0.25, 0.3) is 0 Å². The Labute approximate surface area is 126 Å². The lowest BCUT2D eigenvalue weighted by Crippen LogP contribution is -2.60. The van der Waals surface area contributed by atoms with Crippen LogP contribution in [-0.2, 0) is 14.3 Å². The molecule has 0 unspecified atom stereocenters. The Morgan fingerprint density at radius 1 is 1.14 bits per heavy atom. The van der Waals surface area contributed by atoms with E-state index in [1.165, 1.54) is 31.2 Å². The summed E-state index contributed by atoms with van der Waals surface area (Å²) in [7, 11) is 0. The summed E-state index contributed by atoms with van der Waals surface area (Å²) in [6, 6.07) is 5.66. The molecule has 0 radical (unpaired) electrons. The fourth-order valence-corrected chi connectivity index (χ4v) is 2.01. The Morgan fingerprint density at radius 2 is 1.77 bits per heavy atom. The number of benzene rings is 1. The van der Waals surface area contributed by atoms with Gasteiger partial charge in [0.15, 0.2) is 0 Å². The summed E-state index contributed by atoms with van der Waals surface area (Å²) >= 11 is 0. The molecule has 0 spiro atoms. The van der Waals surface area contributed by atoms with Gasteiger partial charge < -0.3 is 34.6 Å². The van der Waals surface area contributed by atoms with E-state index in [0.29, 0.717) is 0 Å². The van der Waals surface area contributed by atoms with Crippen LogP contribution in [0.3, 0.4) is 0 Å². The van der Waals surface area contributed by atoms with Crippen molar-refractivity contribution in [3.05, 3.63) is 24.3 Å². The molecule has 22 heavy (non-hydrogen) atoms. The molecule has 5 atom stereocenters. The lowest BCUT2D eigenvalue weighted by atomic mass is 9.99. The maximum atomic E-state index is 10.8. The maximum Gasteiger partial charge on any atom is 0.302 e. The van der Waals surface area contributed by atoms with Gasteiger partial charge in [0.2, 0.25) is 6.29 Å². The number of hydrogen-bond donors (Lipinski definition) is 4. The lowest BCUT2D eigenvalue weighted by Gasteiger charge is -2.39. The molecule has 0 amide bonds. The highest BCUT2D eigenvalue weighted by Gasteiger charge is 2.45. The molecule has 1 aliphatic heterocycles. The van der Waals surface area contributed by atoms with Crippen molar-refractivity contribution in [1.29, 1.82) is 0 Å². The van der Waals surface area contributed by atoms with Crippen molar-refractivity contribution < 1.29 is 39.4 Å². The van der Waals surface area contributed by atoms with E-state index in [2.05, 4.69) is 0 Å². The third-order valence-corrected chi connectivity index (χ3v) is 3.21. The summed E-state index contributed by atoms with van der Waals surface area (Å²) in [5, 5.41) is 38.8. The number of aromatic hydroxyl groups is 1. The van der Waals surface area contributed by atoms with E-state index >= 15 is 0 Å². The van der Waals surface area contributed by atoms with Crippen molar-refractivity contribution in [1.82, 2.24) is 0 Å². The zero-order chi connectivity index (χ0) is 16.3. The number of ether oxygens (including phenoxy) is 3. The number of aliphatic hydroxyl groups excluding tert-OH is 3. The minimum atomic E-state index is -1.52.